The minimum absolute atomic E-state index is 0.512. The lowest BCUT2D eigenvalue weighted by Crippen LogP contribution is -2.42. The lowest BCUT2D eigenvalue weighted by molar-refractivity contribution is -0.0143. The van der Waals surface area contributed by atoms with Crippen LogP contribution in [0.1, 0.15) is 19.3 Å². The third-order valence-corrected chi connectivity index (χ3v) is 3.63. The third-order valence-electron chi connectivity index (χ3n) is 3.63. The third kappa shape index (κ3) is 0.744. The van der Waals surface area contributed by atoms with Gasteiger partial charge in [-0.25, -0.2) is 0 Å². The first-order valence-corrected chi connectivity index (χ1v) is 4.58. The molecule has 0 aromatic heterocycles. The molecule has 3 saturated carbocycles. The van der Waals surface area contributed by atoms with Gasteiger partial charge >= 0.3 is 0 Å². The van der Waals surface area contributed by atoms with E-state index in [0.717, 1.165) is 11.8 Å². The molecule has 3 aliphatic carbocycles. The minimum atomic E-state index is 0.512. The highest BCUT2D eigenvalue weighted by atomic mass is 16.6. The Balaban J connectivity index is 1.84. The van der Waals surface area contributed by atoms with Crippen molar-refractivity contribution in [1.29, 1.82) is 0 Å². The lowest BCUT2D eigenvalue weighted by atomic mass is 9.69. The van der Waals surface area contributed by atoms with Gasteiger partial charge in [0, 0.05) is 13.0 Å². The molecule has 0 N–H and O–H groups in total. The van der Waals surface area contributed by atoms with Crippen molar-refractivity contribution < 1.29 is 9.47 Å². The predicted octanol–water partition coefficient (Wildman–Crippen LogP) is 1.20. The Kier molecular flexibility index (Phi) is 1.16. The maximum absolute atomic E-state index is 5.62. The molecule has 5 unspecified atom stereocenters. The number of fused-ring (bicyclic) bond motifs is 2. The summed E-state index contributed by atoms with van der Waals surface area (Å²) in [6, 6.07) is 0. The molecular weight excluding hydrogens is 140 g/mol. The van der Waals surface area contributed by atoms with Gasteiger partial charge in [0.15, 0.2) is 0 Å². The van der Waals surface area contributed by atoms with Gasteiger partial charge < -0.3 is 9.47 Å². The Bertz CT molecular complexity index is 180. The molecule has 0 spiro atoms. The fourth-order valence-electron chi connectivity index (χ4n) is 2.99. The summed E-state index contributed by atoms with van der Waals surface area (Å²) in [5.41, 5.74) is 0. The van der Waals surface area contributed by atoms with E-state index in [1.807, 2.05) is 7.11 Å². The molecule has 11 heavy (non-hydrogen) atoms. The lowest BCUT2D eigenvalue weighted by Gasteiger charge is -2.38. The maximum Gasteiger partial charge on any atom is 0.0897 e. The van der Waals surface area contributed by atoms with Crippen molar-refractivity contribution in [3.05, 3.63) is 0 Å². The van der Waals surface area contributed by atoms with Gasteiger partial charge in [-0.15, -0.1) is 0 Å². The molecule has 1 saturated heterocycles. The summed E-state index contributed by atoms with van der Waals surface area (Å²) in [5, 5.41) is 0. The molecule has 5 atom stereocenters. The number of ether oxygens (including phenoxy) is 2. The van der Waals surface area contributed by atoms with E-state index < -0.39 is 0 Å². The van der Waals surface area contributed by atoms with E-state index >= 15 is 0 Å². The Labute approximate surface area is 66.9 Å². The fourth-order valence-corrected chi connectivity index (χ4v) is 2.99. The van der Waals surface area contributed by atoms with Crippen molar-refractivity contribution in [2.24, 2.45) is 11.8 Å². The Hall–Kier alpha value is -0.0800. The normalized spacial score (nSPS) is 59.2. The average molecular weight is 154 g/mol. The number of hydrogen-bond donors (Lipinski definition) is 0. The zero-order chi connectivity index (χ0) is 7.42. The van der Waals surface area contributed by atoms with Gasteiger partial charge in [0.05, 0.1) is 18.3 Å². The van der Waals surface area contributed by atoms with Crippen LogP contribution in [0.25, 0.3) is 0 Å². The second kappa shape index (κ2) is 1.99. The largest absolute Gasteiger partial charge is 0.381 e. The van der Waals surface area contributed by atoms with Crippen molar-refractivity contribution in [3.8, 4) is 0 Å². The van der Waals surface area contributed by atoms with Crippen LogP contribution in [0, 0.1) is 11.8 Å². The summed E-state index contributed by atoms with van der Waals surface area (Å²) < 4.78 is 11.1. The van der Waals surface area contributed by atoms with Crippen LogP contribution in [0.3, 0.4) is 0 Å². The number of hydrogen-bond acceptors (Lipinski definition) is 2. The first kappa shape index (κ1) is 6.44. The fraction of sp³-hybridized carbons (Fsp3) is 1.00. The second-order valence-corrected chi connectivity index (χ2v) is 4.08. The van der Waals surface area contributed by atoms with Crippen LogP contribution in [0.2, 0.25) is 0 Å². The van der Waals surface area contributed by atoms with Gasteiger partial charge in [0.2, 0.25) is 0 Å². The average Bonchev–Trinajstić information content (AvgIpc) is 2.84. The Morgan fingerprint density at radius 2 is 2.18 bits per heavy atom. The summed E-state index contributed by atoms with van der Waals surface area (Å²) in [6.45, 7) is 0. The molecule has 0 radical (unpaired) electrons. The molecule has 0 aromatic rings. The summed E-state index contributed by atoms with van der Waals surface area (Å²) >= 11 is 0. The molecule has 2 nitrogen and oxygen atoms in total. The van der Waals surface area contributed by atoms with E-state index in [1.165, 1.54) is 19.3 Å². The number of rotatable bonds is 1. The van der Waals surface area contributed by atoms with Gasteiger partial charge in [0.25, 0.3) is 0 Å². The molecule has 1 heterocycles. The Morgan fingerprint density at radius 3 is 2.91 bits per heavy atom. The van der Waals surface area contributed by atoms with Crippen LogP contribution in [-0.2, 0) is 9.47 Å². The number of epoxide rings is 1. The molecule has 2 heteroatoms. The SMILES string of the molecule is COC1CC2CCC1C1OC21. The standard InChI is InChI=1S/C9H14O2/c1-10-7-4-5-2-3-6(7)9-8(5)11-9/h5-9H,2-4H2,1H3. The van der Waals surface area contributed by atoms with Gasteiger partial charge in [-0.2, -0.15) is 0 Å². The zero-order valence-corrected chi connectivity index (χ0v) is 6.82. The monoisotopic (exact) mass is 154 g/mol. The van der Waals surface area contributed by atoms with Crippen LogP contribution in [-0.4, -0.2) is 25.4 Å². The zero-order valence-electron chi connectivity index (χ0n) is 6.82. The second-order valence-electron chi connectivity index (χ2n) is 4.08. The first-order chi connectivity index (χ1) is 5.40. The van der Waals surface area contributed by atoms with Crippen LogP contribution in [0.15, 0.2) is 0 Å². The first-order valence-electron chi connectivity index (χ1n) is 4.58. The van der Waals surface area contributed by atoms with Gasteiger partial charge in [-0.3, -0.25) is 0 Å². The van der Waals surface area contributed by atoms with E-state index in [9.17, 15) is 0 Å². The summed E-state index contributed by atoms with van der Waals surface area (Å²) in [7, 11) is 1.84. The molecule has 4 rings (SSSR count). The highest BCUT2D eigenvalue weighted by Gasteiger charge is 2.59. The molecule has 0 aromatic carbocycles. The summed E-state index contributed by atoms with van der Waals surface area (Å²) in [5.74, 6) is 1.56. The highest BCUT2D eigenvalue weighted by Crippen LogP contribution is 2.53. The smallest absolute Gasteiger partial charge is 0.0897 e. The predicted molar refractivity (Wildman–Crippen MR) is 40.3 cm³/mol. The number of methoxy groups -OCH3 is 1. The van der Waals surface area contributed by atoms with Crippen molar-refractivity contribution in [2.75, 3.05) is 7.11 Å². The molecule has 2 bridgehead atoms. The quantitative estimate of drug-likeness (QED) is 0.529. The Morgan fingerprint density at radius 1 is 1.27 bits per heavy atom. The summed E-state index contributed by atoms with van der Waals surface area (Å²) in [4.78, 5) is 0. The van der Waals surface area contributed by atoms with E-state index in [0.29, 0.717) is 18.3 Å². The van der Waals surface area contributed by atoms with Crippen molar-refractivity contribution in [3.63, 3.8) is 0 Å². The minimum Gasteiger partial charge on any atom is -0.381 e. The van der Waals surface area contributed by atoms with Crippen LogP contribution in [0.4, 0.5) is 0 Å². The summed E-state index contributed by atoms with van der Waals surface area (Å²) in [6.07, 6.45) is 5.71. The highest BCUT2D eigenvalue weighted by molar-refractivity contribution is 5.07. The van der Waals surface area contributed by atoms with E-state index in [2.05, 4.69) is 0 Å². The van der Waals surface area contributed by atoms with Gasteiger partial charge in [0.1, 0.15) is 0 Å². The van der Waals surface area contributed by atoms with Crippen molar-refractivity contribution >= 4 is 0 Å². The molecular formula is C9H14O2. The van der Waals surface area contributed by atoms with Gasteiger partial charge in [-0.05, 0) is 25.2 Å². The molecule has 62 valence electrons. The van der Waals surface area contributed by atoms with Crippen LogP contribution >= 0.6 is 0 Å². The van der Waals surface area contributed by atoms with Crippen LogP contribution < -0.4 is 0 Å². The molecule has 0 amide bonds. The van der Waals surface area contributed by atoms with Crippen molar-refractivity contribution in [2.45, 2.75) is 37.6 Å². The molecule has 1 aliphatic heterocycles. The maximum atomic E-state index is 5.62. The molecule has 4 aliphatic rings. The van der Waals surface area contributed by atoms with E-state index in [-0.39, 0.29) is 0 Å². The van der Waals surface area contributed by atoms with Crippen molar-refractivity contribution in [1.82, 2.24) is 0 Å². The van der Waals surface area contributed by atoms with E-state index in [1.54, 1.807) is 0 Å². The van der Waals surface area contributed by atoms with Gasteiger partial charge in [-0.1, -0.05) is 0 Å². The van der Waals surface area contributed by atoms with Crippen LogP contribution in [0.5, 0.6) is 0 Å². The topological polar surface area (TPSA) is 21.8 Å². The van der Waals surface area contributed by atoms with E-state index in [4.69, 9.17) is 9.47 Å². The molecule has 4 fully saturated rings.